The minimum Gasteiger partial charge on any atom is -0.466 e. The Kier molecular flexibility index (Phi) is 7.62. The number of anilines is 1. The molecule has 8 heteroatoms. The second kappa shape index (κ2) is 10.7. The molecule has 1 unspecified atom stereocenters. The highest BCUT2D eigenvalue weighted by atomic mass is 32.2. The summed E-state index contributed by atoms with van der Waals surface area (Å²) < 4.78 is 7.27. The number of methoxy groups -OCH3 is 1. The quantitative estimate of drug-likeness (QED) is 0.358. The van der Waals surface area contributed by atoms with E-state index in [0.29, 0.717) is 20.6 Å². The molecule has 1 aliphatic rings. The van der Waals surface area contributed by atoms with Crippen LogP contribution < -0.4 is 19.8 Å². The van der Waals surface area contributed by atoms with Crippen LogP contribution in [0.15, 0.2) is 74.5 Å². The van der Waals surface area contributed by atoms with Gasteiger partial charge in [-0.25, -0.2) is 9.79 Å². The third-order valence-electron chi connectivity index (χ3n) is 6.18. The maximum absolute atomic E-state index is 13.7. The van der Waals surface area contributed by atoms with Crippen molar-refractivity contribution in [2.75, 3.05) is 31.4 Å². The summed E-state index contributed by atoms with van der Waals surface area (Å²) in [7, 11) is 1.35. The Labute approximate surface area is 213 Å². The largest absolute Gasteiger partial charge is 0.466 e. The van der Waals surface area contributed by atoms with Gasteiger partial charge in [0.2, 0.25) is 0 Å². The topological polar surface area (TPSA) is 63.9 Å². The molecule has 0 N–H and O–H groups in total. The highest BCUT2D eigenvalue weighted by Crippen LogP contribution is 2.31. The molecule has 0 bridgehead atoms. The fourth-order valence-corrected chi connectivity index (χ4v) is 5.77. The van der Waals surface area contributed by atoms with Crippen LogP contribution in [0.5, 0.6) is 0 Å². The number of hydrogen-bond acceptors (Lipinski definition) is 7. The zero-order chi connectivity index (χ0) is 25.1. The molecule has 0 radical (unpaired) electrons. The second-order valence-electron chi connectivity index (χ2n) is 8.11. The lowest BCUT2D eigenvalue weighted by molar-refractivity contribution is -0.136. The molecular weight excluding hydrogens is 478 g/mol. The van der Waals surface area contributed by atoms with Crippen LogP contribution in [0.2, 0.25) is 0 Å². The van der Waals surface area contributed by atoms with E-state index in [4.69, 9.17) is 4.74 Å². The van der Waals surface area contributed by atoms with Gasteiger partial charge < -0.3 is 9.64 Å². The van der Waals surface area contributed by atoms with Crippen molar-refractivity contribution in [2.24, 2.45) is 4.99 Å². The first-order valence-corrected chi connectivity index (χ1v) is 13.6. The van der Waals surface area contributed by atoms with E-state index >= 15 is 0 Å². The van der Waals surface area contributed by atoms with Gasteiger partial charge in [0, 0.05) is 23.7 Å². The average Bonchev–Trinajstić information content (AvgIpc) is 3.18. The number of hydrogen-bond donors (Lipinski definition) is 0. The number of esters is 1. The highest BCUT2D eigenvalue weighted by Gasteiger charge is 2.33. The van der Waals surface area contributed by atoms with Gasteiger partial charge in [-0.2, -0.15) is 0 Å². The molecule has 35 heavy (non-hydrogen) atoms. The van der Waals surface area contributed by atoms with E-state index in [9.17, 15) is 9.59 Å². The molecule has 3 aromatic rings. The van der Waals surface area contributed by atoms with Gasteiger partial charge in [-0.3, -0.25) is 9.36 Å². The Bertz CT molecular complexity index is 1430. The Morgan fingerprint density at radius 2 is 1.80 bits per heavy atom. The van der Waals surface area contributed by atoms with Crippen LogP contribution in [-0.4, -0.2) is 37.0 Å². The van der Waals surface area contributed by atoms with Gasteiger partial charge in [0.1, 0.15) is 0 Å². The van der Waals surface area contributed by atoms with Crippen LogP contribution in [0.4, 0.5) is 5.69 Å². The third kappa shape index (κ3) is 4.86. The van der Waals surface area contributed by atoms with Crippen molar-refractivity contribution >= 4 is 40.8 Å². The number of allylic oxidation sites excluding steroid dienone is 1. The summed E-state index contributed by atoms with van der Waals surface area (Å²) in [6, 6.07) is 15.5. The van der Waals surface area contributed by atoms with Crippen LogP contribution in [0.3, 0.4) is 0 Å². The van der Waals surface area contributed by atoms with E-state index in [2.05, 4.69) is 35.9 Å². The molecule has 1 aliphatic heterocycles. The Morgan fingerprint density at radius 3 is 2.37 bits per heavy atom. The van der Waals surface area contributed by atoms with Gasteiger partial charge in [0.05, 0.1) is 29.0 Å². The van der Waals surface area contributed by atoms with E-state index in [0.717, 1.165) is 34.8 Å². The van der Waals surface area contributed by atoms with Gasteiger partial charge in [-0.1, -0.05) is 35.6 Å². The minimum atomic E-state index is -0.596. The number of ether oxygens (including phenoxy) is 1. The lowest BCUT2D eigenvalue weighted by Gasteiger charge is -2.24. The summed E-state index contributed by atoms with van der Waals surface area (Å²) >= 11 is 2.97. The second-order valence-corrected chi connectivity index (χ2v) is 10.00. The highest BCUT2D eigenvalue weighted by molar-refractivity contribution is 7.98. The number of aromatic nitrogens is 1. The predicted octanol–water partition coefficient (Wildman–Crippen LogP) is 3.98. The minimum absolute atomic E-state index is 0.172. The van der Waals surface area contributed by atoms with E-state index in [1.807, 2.05) is 48.7 Å². The van der Waals surface area contributed by atoms with Gasteiger partial charge in [0.15, 0.2) is 4.80 Å². The van der Waals surface area contributed by atoms with Crippen molar-refractivity contribution in [3.05, 3.63) is 90.6 Å². The van der Waals surface area contributed by atoms with Crippen molar-refractivity contribution in [2.45, 2.75) is 31.7 Å². The van der Waals surface area contributed by atoms with E-state index in [-0.39, 0.29) is 5.56 Å². The molecule has 182 valence electrons. The predicted molar refractivity (Wildman–Crippen MR) is 144 cm³/mol. The van der Waals surface area contributed by atoms with E-state index in [1.54, 1.807) is 23.3 Å². The van der Waals surface area contributed by atoms with E-state index < -0.39 is 12.0 Å². The summed E-state index contributed by atoms with van der Waals surface area (Å²) in [5.74, 6) is -0.480. The fourth-order valence-electron chi connectivity index (χ4n) is 4.32. The molecule has 0 saturated heterocycles. The van der Waals surface area contributed by atoms with Crippen molar-refractivity contribution in [3.63, 3.8) is 0 Å². The zero-order valence-electron chi connectivity index (χ0n) is 20.6. The number of nitrogens with zero attached hydrogens (tertiary/aromatic N) is 3. The summed E-state index contributed by atoms with van der Waals surface area (Å²) in [5.41, 5.74) is 3.71. The van der Waals surface area contributed by atoms with Crippen molar-refractivity contribution in [1.29, 1.82) is 0 Å². The number of thiazole rings is 1. The molecule has 1 aromatic heterocycles. The Morgan fingerprint density at radius 1 is 1.14 bits per heavy atom. The first-order valence-electron chi connectivity index (χ1n) is 11.5. The molecule has 2 heterocycles. The van der Waals surface area contributed by atoms with Crippen molar-refractivity contribution in [3.8, 4) is 0 Å². The third-order valence-corrected chi connectivity index (χ3v) is 7.90. The first-order chi connectivity index (χ1) is 16.9. The molecule has 0 aliphatic carbocycles. The molecular formula is C27H29N3O3S2. The maximum atomic E-state index is 13.7. The maximum Gasteiger partial charge on any atom is 0.338 e. The summed E-state index contributed by atoms with van der Waals surface area (Å²) in [4.78, 5) is 35.0. The Balaban J connectivity index is 1.85. The summed E-state index contributed by atoms with van der Waals surface area (Å²) in [6.07, 6.45) is 3.90. The number of carbonyl (C=O) groups excluding carboxylic acids is 1. The number of thioether (sulfide) groups is 1. The zero-order valence-corrected chi connectivity index (χ0v) is 22.2. The van der Waals surface area contributed by atoms with Gasteiger partial charge in [0.25, 0.3) is 5.56 Å². The molecule has 0 amide bonds. The molecule has 1 atom stereocenters. The first kappa shape index (κ1) is 25.0. The van der Waals surface area contributed by atoms with Crippen LogP contribution in [0, 0.1) is 0 Å². The van der Waals surface area contributed by atoms with Gasteiger partial charge in [-0.15, -0.1) is 11.8 Å². The van der Waals surface area contributed by atoms with Gasteiger partial charge >= 0.3 is 5.97 Å². The van der Waals surface area contributed by atoms with E-state index in [1.165, 1.54) is 18.4 Å². The number of fused-ring (bicyclic) bond motifs is 1. The monoisotopic (exact) mass is 507 g/mol. The van der Waals surface area contributed by atoms with Crippen LogP contribution >= 0.6 is 23.1 Å². The standard InChI is InChI=1S/C27H29N3O3S2/c1-6-29(7-2)20-12-8-18(9-13-20)16-22-25(31)30-24(19-10-14-21(34-5)15-11-19)23(26(32)33-4)17(3)28-27(30)35-22/h8-16,24H,6-7H2,1-5H3. The molecule has 4 rings (SSSR count). The summed E-state index contributed by atoms with van der Waals surface area (Å²) in [5, 5.41) is 0. The van der Waals surface area contributed by atoms with Crippen LogP contribution in [0.1, 0.15) is 37.9 Å². The van der Waals surface area contributed by atoms with Crippen LogP contribution in [-0.2, 0) is 9.53 Å². The van der Waals surface area contributed by atoms with Gasteiger partial charge in [-0.05, 0) is 68.5 Å². The van der Waals surface area contributed by atoms with Crippen molar-refractivity contribution in [1.82, 2.24) is 4.57 Å². The SMILES string of the molecule is CCN(CC)c1ccc(C=c2sc3n(c2=O)C(c2ccc(SC)cc2)C(C(=O)OC)=C(C)N=3)cc1. The smallest absolute Gasteiger partial charge is 0.338 e. The molecule has 0 fully saturated rings. The molecule has 0 spiro atoms. The number of rotatable bonds is 7. The fraction of sp³-hybridized carbons (Fsp3) is 0.296. The number of carbonyl (C=O) groups is 1. The molecule has 2 aromatic carbocycles. The summed E-state index contributed by atoms with van der Waals surface area (Å²) in [6.45, 7) is 7.93. The van der Waals surface area contributed by atoms with Crippen LogP contribution in [0.25, 0.3) is 6.08 Å². The number of benzene rings is 2. The Hall–Kier alpha value is -3.10. The average molecular weight is 508 g/mol. The molecule has 0 saturated carbocycles. The molecule has 6 nitrogen and oxygen atoms in total. The normalized spacial score (nSPS) is 15.6. The lowest BCUT2D eigenvalue weighted by atomic mass is 9.96. The van der Waals surface area contributed by atoms with Crippen molar-refractivity contribution < 1.29 is 9.53 Å². The lowest BCUT2D eigenvalue weighted by Crippen LogP contribution is -2.39.